The summed E-state index contributed by atoms with van der Waals surface area (Å²) in [5.41, 5.74) is 0.598. The number of halogens is 1. The Balaban J connectivity index is 1.87. The number of hydrogen-bond acceptors (Lipinski definition) is 3. The number of rotatable bonds is 6. The van der Waals surface area contributed by atoms with Crippen LogP contribution in [0.3, 0.4) is 0 Å². The molecule has 0 aliphatic heterocycles. The van der Waals surface area contributed by atoms with Crippen LogP contribution in [0.5, 0.6) is 0 Å². The van der Waals surface area contributed by atoms with Gasteiger partial charge in [-0.15, -0.1) is 0 Å². The Kier molecular flexibility index (Phi) is 5.18. The maximum atomic E-state index is 13.1. The fraction of sp³-hybridized carbons (Fsp3) is 0.316. The van der Waals surface area contributed by atoms with E-state index in [1.54, 1.807) is 30.3 Å². The quantitative estimate of drug-likeness (QED) is 0.804. The largest absolute Gasteiger partial charge is 0.354 e. The molecule has 1 amide bonds. The number of benzene rings is 2. The highest BCUT2D eigenvalue weighted by molar-refractivity contribution is 7.91. The van der Waals surface area contributed by atoms with Crippen molar-refractivity contribution in [3.05, 3.63) is 66.0 Å². The van der Waals surface area contributed by atoms with Crippen molar-refractivity contribution in [2.75, 3.05) is 6.54 Å². The molecule has 0 heterocycles. The van der Waals surface area contributed by atoms with Crippen LogP contribution in [-0.2, 0) is 14.6 Å². The van der Waals surface area contributed by atoms with E-state index >= 15 is 0 Å². The van der Waals surface area contributed by atoms with E-state index in [1.807, 2.05) is 0 Å². The SMILES string of the molecule is O=C(NCC(c1ccccc1)S(=O)(=O)c1ccc(F)cc1)C1CCC1. The van der Waals surface area contributed by atoms with Gasteiger partial charge in [-0.3, -0.25) is 4.79 Å². The van der Waals surface area contributed by atoms with Gasteiger partial charge in [-0.25, -0.2) is 12.8 Å². The van der Waals surface area contributed by atoms with Gasteiger partial charge in [0.1, 0.15) is 11.1 Å². The highest BCUT2D eigenvalue weighted by Crippen LogP contribution is 2.30. The third-order valence-electron chi connectivity index (χ3n) is 4.63. The van der Waals surface area contributed by atoms with Crippen LogP contribution in [0.2, 0.25) is 0 Å². The molecule has 0 aromatic heterocycles. The maximum absolute atomic E-state index is 13.1. The Morgan fingerprint density at radius 1 is 1.08 bits per heavy atom. The summed E-state index contributed by atoms with van der Waals surface area (Å²) in [5, 5.41) is 1.86. The number of carbonyl (C=O) groups is 1. The third kappa shape index (κ3) is 3.90. The Morgan fingerprint density at radius 3 is 2.28 bits per heavy atom. The van der Waals surface area contributed by atoms with E-state index < -0.39 is 20.9 Å². The molecule has 1 aliphatic carbocycles. The van der Waals surface area contributed by atoms with Crippen molar-refractivity contribution in [3.63, 3.8) is 0 Å². The van der Waals surface area contributed by atoms with Gasteiger partial charge in [0.2, 0.25) is 5.91 Å². The van der Waals surface area contributed by atoms with Crippen LogP contribution in [0, 0.1) is 11.7 Å². The lowest BCUT2D eigenvalue weighted by Crippen LogP contribution is -2.38. The molecular formula is C19H20FNO3S. The number of carbonyl (C=O) groups excluding carboxylic acids is 1. The van der Waals surface area contributed by atoms with Crippen molar-refractivity contribution in [1.82, 2.24) is 5.32 Å². The molecule has 4 nitrogen and oxygen atoms in total. The van der Waals surface area contributed by atoms with Crippen molar-refractivity contribution in [2.45, 2.75) is 29.4 Å². The Hall–Kier alpha value is -2.21. The van der Waals surface area contributed by atoms with Crippen LogP contribution in [0.4, 0.5) is 4.39 Å². The molecule has 0 spiro atoms. The van der Waals surface area contributed by atoms with Crippen molar-refractivity contribution >= 4 is 15.7 Å². The minimum atomic E-state index is -3.76. The second kappa shape index (κ2) is 7.35. The van der Waals surface area contributed by atoms with Gasteiger partial charge in [-0.1, -0.05) is 36.8 Å². The van der Waals surface area contributed by atoms with Crippen LogP contribution in [0.1, 0.15) is 30.1 Å². The van der Waals surface area contributed by atoms with Crippen LogP contribution >= 0.6 is 0 Å². The summed E-state index contributed by atoms with van der Waals surface area (Å²) >= 11 is 0. The first-order chi connectivity index (χ1) is 12.0. The zero-order valence-corrected chi connectivity index (χ0v) is 14.5. The number of nitrogens with one attached hydrogen (secondary N) is 1. The Labute approximate surface area is 147 Å². The molecule has 0 radical (unpaired) electrons. The van der Waals surface area contributed by atoms with Crippen molar-refractivity contribution in [1.29, 1.82) is 0 Å². The van der Waals surface area contributed by atoms with Gasteiger partial charge in [0.05, 0.1) is 4.90 Å². The lowest BCUT2D eigenvalue weighted by Gasteiger charge is -2.26. The average molecular weight is 361 g/mol. The fourth-order valence-corrected chi connectivity index (χ4v) is 4.53. The van der Waals surface area contributed by atoms with E-state index in [0.29, 0.717) is 5.56 Å². The van der Waals surface area contributed by atoms with Gasteiger partial charge in [-0.2, -0.15) is 0 Å². The smallest absolute Gasteiger partial charge is 0.223 e. The summed E-state index contributed by atoms with van der Waals surface area (Å²) < 4.78 is 39.2. The normalized spacial score (nSPS) is 16.0. The lowest BCUT2D eigenvalue weighted by molar-refractivity contribution is -0.127. The number of hydrogen-bond donors (Lipinski definition) is 1. The molecule has 1 atom stereocenters. The predicted octanol–water partition coefficient (Wildman–Crippen LogP) is 3.26. The van der Waals surface area contributed by atoms with Gasteiger partial charge in [0, 0.05) is 12.5 Å². The van der Waals surface area contributed by atoms with E-state index in [9.17, 15) is 17.6 Å². The molecule has 6 heteroatoms. The summed E-state index contributed by atoms with van der Waals surface area (Å²) in [4.78, 5) is 12.2. The topological polar surface area (TPSA) is 63.2 Å². The summed E-state index contributed by atoms with van der Waals surface area (Å²) in [6.07, 6.45) is 2.74. The van der Waals surface area contributed by atoms with Gasteiger partial charge in [0.15, 0.2) is 9.84 Å². The van der Waals surface area contributed by atoms with Gasteiger partial charge in [-0.05, 0) is 42.7 Å². The van der Waals surface area contributed by atoms with Crippen molar-refractivity contribution < 1.29 is 17.6 Å². The number of amides is 1. The number of sulfone groups is 1. The standard InChI is InChI=1S/C19H20FNO3S/c20-16-9-11-17(12-10-16)25(23,24)18(14-5-2-1-3-6-14)13-21-19(22)15-7-4-8-15/h1-3,5-6,9-12,15,18H,4,7-8,13H2,(H,21,22). The molecule has 25 heavy (non-hydrogen) atoms. The van der Waals surface area contributed by atoms with Crippen molar-refractivity contribution in [2.24, 2.45) is 5.92 Å². The minimum absolute atomic E-state index is 0.000936. The second-order valence-corrected chi connectivity index (χ2v) is 8.40. The molecule has 0 saturated heterocycles. The van der Waals surface area contributed by atoms with E-state index in [2.05, 4.69) is 5.32 Å². The van der Waals surface area contributed by atoms with Crippen LogP contribution in [-0.4, -0.2) is 20.9 Å². The molecule has 1 aliphatic rings. The zero-order valence-electron chi connectivity index (χ0n) is 13.7. The average Bonchev–Trinajstić information content (AvgIpc) is 2.54. The molecule has 1 saturated carbocycles. The molecular weight excluding hydrogens is 341 g/mol. The molecule has 2 aromatic rings. The maximum Gasteiger partial charge on any atom is 0.223 e. The molecule has 1 fully saturated rings. The Bertz CT molecular complexity index is 831. The molecule has 0 bridgehead atoms. The van der Waals surface area contributed by atoms with Crippen LogP contribution < -0.4 is 5.32 Å². The third-order valence-corrected chi connectivity index (χ3v) is 6.74. The molecule has 1 N–H and O–H groups in total. The van der Waals surface area contributed by atoms with Crippen LogP contribution in [0.15, 0.2) is 59.5 Å². The van der Waals surface area contributed by atoms with E-state index in [1.165, 1.54) is 12.1 Å². The highest BCUT2D eigenvalue weighted by Gasteiger charge is 2.31. The monoisotopic (exact) mass is 361 g/mol. The summed E-state index contributed by atoms with van der Waals surface area (Å²) in [7, 11) is -3.76. The zero-order chi connectivity index (χ0) is 17.9. The molecule has 2 aromatic carbocycles. The first kappa shape index (κ1) is 17.6. The summed E-state index contributed by atoms with van der Waals surface area (Å²) in [6, 6.07) is 13.5. The molecule has 132 valence electrons. The first-order valence-corrected chi connectivity index (χ1v) is 9.85. The van der Waals surface area contributed by atoms with Gasteiger partial charge < -0.3 is 5.32 Å². The predicted molar refractivity (Wildman–Crippen MR) is 93.1 cm³/mol. The fourth-order valence-electron chi connectivity index (χ4n) is 2.87. The summed E-state index contributed by atoms with van der Waals surface area (Å²) in [6.45, 7) is -0.000936. The van der Waals surface area contributed by atoms with Crippen molar-refractivity contribution in [3.8, 4) is 0 Å². The second-order valence-electron chi connectivity index (χ2n) is 6.27. The van der Waals surface area contributed by atoms with Gasteiger partial charge >= 0.3 is 0 Å². The minimum Gasteiger partial charge on any atom is -0.354 e. The lowest BCUT2D eigenvalue weighted by atomic mass is 9.85. The molecule has 1 unspecified atom stereocenters. The van der Waals surface area contributed by atoms with E-state index in [0.717, 1.165) is 31.4 Å². The highest BCUT2D eigenvalue weighted by atomic mass is 32.2. The Morgan fingerprint density at radius 2 is 1.72 bits per heavy atom. The van der Waals surface area contributed by atoms with E-state index in [4.69, 9.17) is 0 Å². The summed E-state index contributed by atoms with van der Waals surface area (Å²) in [5.74, 6) is -0.597. The molecule has 3 rings (SSSR count). The van der Waals surface area contributed by atoms with Gasteiger partial charge in [0.25, 0.3) is 0 Å². The van der Waals surface area contributed by atoms with Crippen LogP contribution in [0.25, 0.3) is 0 Å². The first-order valence-electron chi connectivity index (χ1n) is 8.30. The van der Waals surface area contributed by atoms with E-state index in [-0.39, 0.29) is 23.3 Å².